The molecule has 0 saturated carbocycles. The average molecular weight is 476 g/mol. The lowest BCUT2D eigenvalue weighted by molar-refractivity contribution is -0.755. The smallest absolute Gasteiger partial charge is 0.245 e. The predicted octanol–water partition coefficient (Wildman–Crippen LogP) is -3.35. The predicted molar refractivity (Wildman–Crippen MR) is 105 cm³/mol. The molecule has 0 aliphatic heterocycles. The van der Waals surface area contributed by atoms with Crippen LogP contribution in [-0.2, 0) is 25.7 Å². The van der Waals surface area contributed by atoms with Crippen LogP contribution in [0.25, 0.3) is 0 Å². The van der Waals surface area contributed by atoms with E-state index in [2.05, 4.69) is 0 Å². The molecule has 3 unspecified atom stereocenters. The summed E-state index contributed by atoms with van der Waals surface area (Å²) in [6.07, 6.45) is 15.3. The Morgan fingerprint density at radius 3 is 0.906 bits per heavy atom. The van der Waals surface area contributed by atoms with Crippen molar-refractivity contribution in [2.24, 2.45) is 21.1 Å². The van der Waals surface area contributed by atoms with Gasteiger partial charge in [0.15, 0.2) is 18.7 Å². The molecule has 0 aromatic carbocycles. The molecular weight excluding hydrogens is 443 g/mol. The van der Waals surface area contributed by atoms with Gasteiger partial charge in [0.2, 0.25) is 19.0 Å². The summed E-state index contributed by atoms with van der Waals surface area (Å²) in [5, 5.41) is 27.0. The molecule has 3 rings (SSSR count). The van der Waals surface area contributed by atoms with Crippen molar-refractivity contribution in [2.45, 2.75) is 39.5 Å². The Hall–Kier alpha value is -2.38. The van der Waals surface area contributed by atoms with Gasteiger partial charge in [0.1, 0.15) is 37.2 Å². The number of phosphoric acid groups is 1. The number of hydrogen-bond donors (Lipinski definition) is 3. The summed E-state index contributed by atoms with van der Waals surface area (Å²) in [6, 6.07) is 0. The van der Waals surface area contributed by atoms with E-state index in [1.807, 2.05) is 91.0 Å². The lowest BCUT2D eigenvalue weighted by Gasteiger charge is -2.36. The topological polar surface area (TPSA) is 173 Å². The molecule has 0 saturated heterocycles. The van der Waals surface area contributed by atoms with Crippen molar-refractivity contribution in [3.05, 3.63) is 56.2 Å². The fourth-order valence-corrected chi connectivity index (χ4v) is 2.07. The molecule has 3 N–H and O–H groups in total. The summed E-state index contributed by atoms with van der Waals surface area (Å²) < 4.78 is 19.4. The van der Waals surface area contributed by atoms with Crippen LogP contribution in [0, 0.1) is 0 Å². The van der Waals surface area contributed by atoms with Crippen molar-refractivity contribution >= 4 is 7.82 Å². The van der Waals surface area contributed by atoms with Crippen LogP contribution in [0.1, 0.15) is 39.5 Å². The van der Waals surface area contributed by atoms with Crippen LogP contribution in [0.3, 0.4) is 0 Å². The van der Waals surface area contributed by atoms with E-state index in [9.17, 15) is 0 Å². The molecular formula is C18H33N6O7P. The second-order valence-corrected chi connectivity index (χ2v) is 7.82. The second-order valence-electron chi connectivity index (χ2n) is 6.92. The molecule has 0 aliphatic rings. The van der Waals surface area contributed by atoms with E-state index in [4.69, 9.17) is 34.6 Å². The Bertz CT molecular complexity index is 832. The monoisotopic (exact) mass is 476 g/mol. The number of hydrogen-bond acceptors (Lipinski definition) is 7. The van der Waals surface area contributed by atoms with Gasteiger partial charge in [0.25, 0.3) is 0 Å². The largest absolute Gasteiger partial charge is 0.822 e. The highest BCUT2D eigenvalue weighted by Gasteiger charge is 2.05. The molecule has 0 spiro atoms. The first-order valence-electron chi connectivity index (χ1n) is 9.45. The van der Waals surface area contributed by atoms with E-state index >= 15 is 0 Å². The number of aryl methyl sites for hydroxylation is 3. The second kappa shape index (κ2) is 13.9. The Morgan fingerprint density at radius 2 is 0.844 bits per heavy atom. The molecule has 0 fully saturated rings. The van der Waals surface area contributed by atoms with Crippen LogP contribution >= 0.6 is 7.82 Å². The van der Waals surface area contributed by atoms with E-state index in [1.165, 1.54) is 0 Å². The Morgan fingerprint density at radius 1 is 0.656 bits per heavy atom. The summed E-state index contributed by atoms with van der Waals surface area (Å²) in [4.78, 5) is 25.6. The minimum Gasteiger partial charge on any atom is -0.822 e. The fraction of sp³-hybridized carbons (Fsp3) is 0.500. The highest BCUT2D eigenvalue weighted by molar-refractivity contribution is 7.40. The fourth-order valence-electron chi connectivity index (χ4n) is 2.07. The Labute approximate surface area is 187 Å². The number of aliphatic hydroxyl groups excluding tert-OH is 3. The summed E-state index contributed by atoms with van der Waals surface area (Å²) in [7, 11) is 0.358. The quantitative estimate of drug-likeness (QED) is 0.261. The summed E-state index contributed by atoms with van der Waals surface area (Å²) in [5.41, 5.74) is 0. The van der Waals surface area contributed by atoms with Gasteiger partial charge in [-0.2, -0.15) is 7.82 Å². The minimum atomic E-state index is -5.39. The van der Waals surface area contributed by atoms with Crippen molar-refractivity contribution < 1.29 is 48.3 Å². The lowest BCUT2D eigenvalue weighted by Crippen LogP contribution is -2.34. The van der Waals surface area contributed by atoms with E-state index in [0.717, 1.165) is 0 Å². The van der Waals surface area contributed by atoms with Crippen molar-refractivity contribution in [1.29, 1.82) is 0 Å². The van der Waals surface area contributed by atoms with Gasteiger partial charge in [0, 0.05) is 20.8 Å². The summed E-state index contributed by atoms with van der Waals surface area (Å²) >= 11 is 0. The van der Waals surface area contributed by atoms with Crippen molar-refractivity contribution in [3.8, 4) is 0 Å². The summed E-state index contributed by atoms with van der Waals surface area (Å²) in [6.45, 7) is 5.17. The number of aliphatic hydroxyl groups is 3. The average Bonchev–Trinajstić information content (AvgIpc) is 3.36. The zero-order chi connectivity index (χ0) is 25.1. The van der Waals surface area contributed by atoms with Crippen LogP contribution in [0.15, 0.2) is 56.2 Å². The number of rotatable bonds is 3. The van der Waals surface area contributed by atoms with E-state index in [0.29, 0.717) is 0 Å². The zero-order valence-corrected chi connectivity index (χ0v) is 19.9. The van der Waals surface area contributed by atoms with Gasteiger partial charge in [-0.1, -0.05) is 0 Å². The van der Waals surface area contributed by atoms with Crippen LogP contribution < -0.4 is 28.4 Å². The van der Waals surface area contributed by atoms with Crippen LogP contribution in [0.2, 0.25) is 0 Å². The molecule has 0 bridgehead atoms. The number of nitrogens with zero attached hydrogens (tertiary/aromatic N) is 6. The van der Waals surface area contributed by atoms with Gasteiger partial charge in [-0.05, 0) is 0 Å². The number of aromatic nitrogens is 6. The highest BCUT2D eigenvalue weighted by atomic mass is 31.2. The first-order chi connectivity index (χ1) is 14.6. The lowest BCUT2D eigenvalue weighted by atomic mass is 10.6. The van der Waals surface area contributed by atoms with Gasteiger partial charge in [-0.3, -0.25) is 0 Å². The molecule has 32 heavy (non-hydrogen) atoms. The molecule has 3 heterocycles. The van der Waals surface area contributed by atoms with Crippen molar-refractivity contribution in [2.75, 3.05) is 0 Å². The standard InChI is InChI=1S/3C6H11N2O.H3O4P/c3*1-6(9)8-4-3-7(2)5-8;1-5(2,3)4/h3*3-6,9H,1-2H3;(H3,1,2,3,4)/q3*+1;/p-3. The van der Waals surface area contributed by atoms with Gasteiger partial charge in [0.05, 0.1) is 21.1 Å². The highest BCUT2D eigenvalue weighted by Crippen LogP contribution is 2.03. The SMILES string of the molecule is CC(O)[n+]1ccn(C)c1.CC(O)[n+]1ccn(C)c1.CC(O)[n+]1ccn(C)c1.O=P([O-])([O-])[O-]. The minimum absolute atomic E-state index is 0.425. The van der Waals surface area contributed by atoms with Crippen molar-refractivity contribution in [1.82, 2.24) is 13.7 Å². The molecule has 0 aliphatic carbocycles. The van der Waals surface area contributed by atoms with E-state index < -0.39 is 26.5 Å². The molecule has 0 amide bonds. The third-order valence-electron chi connectivity index (χ3n) is 3.66. The van der Waals surface area contributed by atoms with Crippen LogP contribution in [0.4, 0.5) is 0 Å². The summed E-state index contributed by atoms with van der Waals surface area (Å²) in [5.74, 6) is 0. The van der Waals surface area contributed by atoms with Crippen molar-refractivity contribution in [3.63, 3.8) is 0 Å². The molecule has 3 aromatic heterocycles. The van der Waals surface area contributed by atoms with Gasteiger partial charge < -0.3 is 34.6 Å². The maximum Gasteiger partial charge on any atom is 0.245 e. The normalized spacial score (nSPS) is 13.4. The number of imidazole rings is 3. The van der Waals surface area contributed by atoms with Gasteiger partial charge in [-0.15, -0.1) is 0 Å². The first kappa shape index (κ1) is 29.6. The zero-order valence-electron chi connectivity index (χ0n) is 19.0. The molecule has 0 radical (unpaired) electrons. The van der Waals surface area contributed by atoms with Crippen LogP contribution in [0.5, 0.6) is 0 Å². The molecule has 3 atom stereocenters. The molecule has 3 aromatic rings. The Balaban J connectivity index is 0.000000410. The Kier molecular flexibility index (Phi) is 12.9. The van der Waals surface area contributed by atoms with Gasteiger partial charge in [-0.25, -0.2) is 27.4 Å². The van der Waals surface area contributed by atoms with Gasteiger partial charge >= 0.3 is 0 Å². The van der Waals surface area contributed by atoms with E-state index in [-0.39, 0.29) is 0 Å². The molecule has 14 heteroatoms. The molecule has 13 nitrogen and oxygen atoms in total. The maximum atomic E-state index is 8.99. The molecule has 182 valence electrons. The van der Waals surface area contributed by atoms with Crippen LogP contribution in [-0.4, -0.2) is 29.0 Å². The third kappa shape index (κ3) is 14.6. The third-order valence-corrected chi connectivity index (χ3v) is 3.66. The first-order valence-corrected chi connectivity index (χ1v) is 10.9. The maximum absolute atomic E-state index is 8.99. The van der Waals surface area contributed by atoms with E-state index in [1.54, 1.807) is 34.5 Å².